The summed E-state index contributed by atoms with van der Waals surface area (Å²) in [6.07, 6.45) is 8.08. The van der Waals surface area contributed by atoms with Gasteiger partial charge in [-0.3, -0.25) is 10.1 Å². The molecule has 1 N–H and O–H groups in total. The van der Waals surface area contributed by atoms with Crippen molar-refractivity contribution in [2.24, 2.45) is 0 Å². The van der Waals surface area contributed by atoms with E-state index in [1.165, 1.54) is 32.1 Å². The Kier molecular flexibility index (Phi) is 8.27. The van der Waals surface area contributed by atoms with Crippen molar-refractivity contribution in [1.82, 2.24) is 10.2 Å². The first-order valence-electron chi connectivity index (χ1n) is 8.65. The van der Waals surface area contributed by atoms with Crippen LogP contribution in [0.2, 0.25) is 0 Å². The van der Waals surface area contributed by atoms with E-state index in [0.29, 0.717) is 12.6 Å². The summed E-state index contributed by atoms with van der Waals surface area (Å²) in [5, 5.41) is 3.48. The molecule has 0 bridgehead atoms. The lowest BCUT2D eigenvalue weighted by atomic mass is 9.95. The van der Waals surface area contributed by atoms with Crippen LogP contribution in [-0.4, -0.2) is 49.2 Å². The van der Waals surface area contributed by atoms with Gasteiger partial charge >= 0.3 is 5.97 Å². The number of ether oxygens (including phenoxy) is 1. The van der Waals surface area contributed by atoms with E-state index < -0.39 is 5.54 Å². The molecule has 1 saturated carbocycles. The second-order valence-electron chi connectivity index (χ2n) is 6.59. The molecule has 1 aliphatic rings. The number of nitrogens with one attached hydrogen (secondary N) is 1. The number of hydrogen-bond acceptors (Lipinski definition) is 4. The Morgan fingerprint density at radius 3 is 2.48 bits per heavy atom. The molecule has 0 aliphatic heterocycles. The molecular formula is C17H34N2O2. The highest BCUT2D eigenvalue weighted by atomic mass is 16.5. The molecule has 1 unspecified atom stereocenters. The van der Waals surface area contributed by atoms with Gasteiger partial charge in [-0.2, -0.15) is 0 Å². The Hall–Kier alpha value is -0.610. The second-order valence-corrected chi connectivity index (χ2v) is 6.59. The molecule has 4 heteroatoms. The molecule has 0 aromatic rings. The Morgan fingerprint density at radius 2 is 1.90 bits per heavy atom. The van der Waals surface area contributed by atoms with Crippen molar-refractivity contribution in [1.29, 1.82) is 0 Å². The van der Waals surface area contributed by atoms with Crippen molar-refractivity contribution in [3.8, 4) is 0 Å². The monoisotopic (exact) mass is 298 g/mol. The van der Waals surface area contributed by atoms with E-state index in [4.69, 9.17) is 4.74 Å². The summed E-state index contributed by atoms with van der Waals surface area (Å²) in [6, 6.07) is 0.515. The molecule has 0 saturated heterocycles. The Bertz CT molecular complexity index is 305. The minimum absolute atomic E-state index is 0.0921. The minimum atomic E-state index is -0.512. The summed E-state index contributed by atoms with van der Waals surface area (Å²) < 4.78 is 5.26. The van der Waals surface area contributed by atoms with Crippen LogP contribution < -0.4 is 5.32 Å². The van der Waals surface area contributed by atoms with Crippen molar-refractivity contribution in [2.75, 3.05) is 26.7 Å². The molecule has 0 amide bonds. The molecule has 0 radical (unpaired) electrons. The van der Waals surface area contributed by atoms with Crippen LogP contribution in [-0.2, 0) is 9.53 Å². The highest BCUT2D eigenvalue weighted by Gasteiger charge is 2.39. The second kappa shape index (κ2) is 9.42. The van der Waals surface area contributed by atoms with E-state index in [0.717, 1.165) is 25.9 Å². The van der Waals surface area contributed by atoms with Crippen LogP contribution in [0.15, 0.2) is 0 Å². The van der Waals surface area contributed by atoms with Crippen molar-refractivity contribution in [3.63, 3.8) is 0 Å². The third-order valence-electron chi connectivity index (χ3n) is 4.19. The zero-order valence-electron chi connectivity index (χ0n) is 14.4. The van der Waals surface area contributed by atoms with Gasteiger partial charge in [0.2, 0.25) is 0 Å². The smallest absolute Gasteiger partial charge is 0.326 e. The van der Waals surface area contributed by atoms with Gasteiger partial charge in [-0.1, -0.05) is 19.8 Å². The quantitative estimate of drug-likeness (QED) is 0.444. The van der Waals surface area contributed by atoms with Crippen molar-refractivity contribution in [3.05, 3.63) is 0 Å². The van der Waals surface area contributed by atoms with Crippen molar-refractivity contribution < 1.29 is 9.53 Å². The van der Waals surface area contributed by atoms with Crippen molar-refractivity contribution in [2.45, 2.75) is 77.3 Å². The molecule has 1 aliphatic carbocycles. The number of carbonyl (C=O) groups excluding carboxylic acids is 1. The van der Waals surface area contributed by atoms with E-state index in [-0.39, 0.29) is 5.97 Å². The zero-order valence-corrected chi connectivity index (χ0v) is 14.4. The molecule has 124 valence electrons. The van der Waals surface area contributed by atoms with Gasteiger partial charge in [-0.05, 0) is 66.1 Å². The summed E-state index contributed by atoms with van der Waals surface area (Å²) in [5.74, 6) is -0.0921. The van der Waals surface area contributed by atoms with Crippen LogP contribution in [0.25, 0.3) is 0 Å². The van der Waals surface area contributed by atoms with Crippen LogP contribution in [0.4, 0.5) is 0 Å². The van der Waals surface area contributed by atoms with E-state index in [1.807, 2.05) is 13.8 Å². The first-order chi connectivity index (χ1) is 10.0. The number of unbranched alkanes of at least 4 members (excludes halogenated alkanes) is 2. The topological polar surface area (TPSA) is 41.6 Å². The fourth-order valence-electron chi connectivity index (χ4n) is 2.65. The predicted octanol–water partition coefficient (Wildman–Crippen LogP) is 2.96. The number of hydrogen-bond donors (Lipinski definition) is 1. The minimum Gasteiger partial charge on any atom is -0.465 e. The van der Waals surface area contributed by atoms with Gasteiger partial charge in [0.1, 0.15) is 5.54 Å². The SMILES string of the molecule is CCCCCN(C)CCCC(C)(NC1CC1)C(=O)OCC. The van der Waals surface area contributed by atoms with E-state index in [9.17, 15) is 4.79 Å². The standard InChI is InChI=1S/C17H34N2O2/c1-5-7-8-13-19(4)14-9-12-17(3,16(20)21-6-2)18-15-10-11-15/h15,18H,5-14H2,1-4H3. The molecule has 0 aromatic carbocycles. The fourth-order valence-corrected chi connectivity index (χ4v) is 2.65. The predicted molar refractivity (Wildman–Crippen MR) is 87.5 cm³/mol. The molecule has 1 atom stereocenters. The van der Waals surface area contributed by atoms with Crippen LogP contribution in [0, 0.1) is 0 Å². The van der Waals surface area contributed by atoms with Crippen LogP contribution in [0.1, 0.15) is 65.7 Å². The highest BCUT2D eigenvalue weighted by Crippen LogP contribution is 2.25. The maximum absolute atomic E-state index is 12.2. The number of carbonyl (C=O) groups is 1. The van der Waals surface area contributed by atoms with Gasteiger partial charge < -0.3 is 9.64 Å². The molecule has 4 nitrogen and oxygen atoms in total. The Morgan fingerprint density at radius 1 is 1.24 bits per heavy atom. The molecule has 0 spiro atoms. The largest absolute Gasteiger partial charge is 0.465 e. The lowest BCUT2D eigenvalue weighted by molar-refractivity contribution is -0.151. The Labute approximate surface area is 130 Å². The maximum atomic E-state index is 12.2. The molecule has 21 heavy (non-hydrogen) atoms. The van der Waals surface area contributed by atoms with Crippen LogP contribution >= 0.6 is 0 Å². The Balaban J connectivity index is 2.33. The van der Waals surface area contributed by atoms with Gasteiger partial charge in [0.15, 0.2) is 0 Å². The van der Waals surface area contributed by atoms with Gasteiger partial charge in [0.05, 0.1) is 6.61 Å². The van der Waals surface area contributed by atoms with Gasteiger partial charge in [-0.25, -0.2) is 0 Å². The summed E-state index contributed by atoms with van der Waals surface area (Å²) in [4.78, 5) is 14.6. The lowest BCUT2D eigenvalue weighted by Gasteiger charge is -2.29. The zero-order chi connectivity index (χ0) is 15.7. The van der Waals surface area contributed by atoms with Crippen LogP contribution in [0.5, 0.6) is 0 Å². The van der Waals surface area contributed by atoms with E-state index >= 15 is 0 Å². The van der Waals surface area contributed by atoms with Gasteiger partial charge in [0, 0.05) is 6.04 Å². The fraction of sp³-hybridized carbons (Fsp3) is 0.941. The van der Waals surface area contributed by atoms with Crippen LogP contribution in [0.3, 0.4) is 0 Å². The summed E-state index contributed by atoms with van der Waals surface area (Å²) in [6.45, 7) is 8.76. The lowest BCUT2D eigenvalue weighted by Crippen LogP contribution is -2.51. The summed E-state index contributed by atoms with van der Waals surface area (Å²) >= 11 is 0. The first kappa shape index (κ1) is 18.4. The summed E-state index contributed by atoms with van der Waals surface area (Å²) in [7, 11) is 2.17. The average Bonchev–Trinajstić information content (AvgIpc) is 3.23. The molecule has 0 aromatic heterocycles. The summed E-state index contributed by atoms with van der Waals surface area (Å²) in [5.41, 5.74) is -0.512. The molecule has 0 heterocycles. The number of nitrogens with zero attached hydrogens (tertiary/aromatic N) is 1. The molecule has 1 rings (SSSR count). The van der Waals surface area contributed by atoms with Crippen molar-refractivity contribution >= 4 is 5.97 Å². The molecular weight excluding hydrogens is 264 g/mol. The van der Waals surface area contributed by atoms with E-state index in [1.54, 1.807) is 0 Å². The van der Waals surface area contributed by atoms with Gasteiger partial charge in [-0.15, -0.1) is 0 Å². The third kappa shape index (κ3) is 7.28. The number of esters is 1. The first-order valence-corrected chi connectivity index (χ1v) is 8.65. The highest BCUT2D eigenvalue weighted by molar-refractivity contribution is 5.80. The van der Waals surface area contributed by atoms with Gasteiger partial charge in [0.25, 0.3) is 0 Å². The third-order valence-corrected chi connectivity index (χ3v) is 4.19. The maximum Gasteiger partial charge on any atom is 0.326 e. The average molecular weight is 298 g/mol. The van der Waals surface area contributed by atoms with E-state index in [2.05, 4.69) is 24.2 Å². The number of rotatable bonds is 12. The normalized spacial score (nSPS) is 17.8. The molecule has 1 fully saturated rings.